The van der Waals surface area contributed by atoms with Gasteiger partial charge in [0.2, 0.25) is 0 Å². The molecule has 1 N–H and O–H groups in total. The molecule has 0 fully saturated rings. The lowest BCUT2D eigenvalue weighted by Gasteiger charge is -2.15. The van der Waals surface area contributed by atoms with E-state index in [1.807, 2.05) is 0 Å². The largest absolute Gasteiger partial charge is 0.457 e. The summed E-state index contributed by atoms with van der Waals surface area (Å²) in [7, 11) is 0. The van der Waals surface area contributed by atoms with Crippen LogP contribution in [0.1, 0.15) is 181 Å². The van der Waals surface area contributed by atoms with E-state index in [0.717, 1.165) is 77.0 Å². The SMILES string of the molecule is CC/C=C\C/C=C\C/C=C\C/C=C\CCCCCCCCCCCCCOCC(CO)OC(=O)CCCCCCC/C=C\C/C=C\C/C=C\CC. The third kappa shape index (κ3) is 41.9. The van der Waals surface area contributed by atoms with E-state index in [4.69, 9.17) is 9.47 Å². The Hall–Kier alpha value is -2.43. The van der Waals surface area contributed by atoms with Gasteiger partial charge in [-0.05, 0) is 83.5 Å². The summed E-state index contributed by atoms with van der Waals surface area (Å²) in [5.74, 6) is -0.222. The molecule has 0 saturated heterocycles. The van der Waals surface area contributed by atoms with Crippen LogP contribution in [-0.4, -0.2) is 37.0 Å². The number of aliphatic hydroxyl groups excluding tert-OH is 1. The van der Waals surface area contributed by atoms with Gasteiger partial charge in [0.1, 0.15) is 6.10 Å². The van der Waals surface area contributed by atoms with Crippen molar-refractivity contribution in [2.75, 3.05) is 19.8 Å². The molecule has 0 aromatic rings. The van der Waals surface area contributed by atoms with Crippen molar-refractivity contribution in [2.45, 2.75) is 187 Å². The molecule has 0 bridgehead atoms. The van der Waals surface area contributed by atoms with Gasteiger partial charge in [-0.15, -0.1) is 0 Å². The number of unbranched alkanes of at least 4 members (excludes halogenated alkanes) is 16. The minimum Gasteiger partial charge on any atom is -0.457 e. The molecule has 0 rings (SSSR count). The van der Waals surface area contributed by atoms with Crippen LogP contribution in [0.5, 0.6) is 0 Å². The number of aliphatic hydroxyl groups is 1. The van der Waals surface area contributed by atoms with E-state index in [0.29, 0.717) is 13.0 Å². The van der Waals surface area contributed by atoms with E-state index in [-0.39, 0.29) is 19.2 Å². The summed E-state index contributed by atoms with van der Waals surface area (Å²) in [5.41, 5.74) is 0. The molecule has 1 unspecified atom stereocenters. The van der Waals surface area contributed by atoms with E-state index in [1.54, 1.807) is 0 Å². The number of hydrogen-bond acceptors (Lipinski definition) is 4. The Labute approximate surface area is 316 Å². The molecule has 292 valence electrons. The van der Waals surface area contributed by atoms with Crippen LogP contribution in [0.15, 0.2) is 85.1 Å². The van der Waals surface area contributed by atoms with E-state index in [9.17, 15) is 9.90 Å². The molecule has 0 amide bonds. The zero-order valence-corrected chi connectivity index (χ0v) is 33.3. The van der Waals surface area contributed by atoms with Crippen LogP contribution in [0.3, 0.4) is 0 Å². The highest BCUT2D eigenvalue weighted by atomic mass is 16.6. The lowest BCUT2D eigenvalue weighted by Crippen LogP contribution is -2.27. The molecular weight excluding hydrogens is 629 g/mol. The first kappa shape index (κ1) is 48.6. The first-order valence-corrected chi connectivity index (χ1v) is 21.2. The van der Waals surface area contributed by atoms with Crippen LogP contribution in [0.25, 0.3) is 0 Å². The number of carbonyl (C=O) groups is 1. The van der Waals surface area contributed by atoms with Gasteiger partial charge >= 0.3 is 5.97 Å². The van der Waals surface area contributed by atoms with Crippen molar-refractivity contribution in [3.63, 3.8) is 0 Å². The molecule has 51 heavy (non-hydrogen) atoms. The molecular formula is C47H80O4. The van der Waals surface area contributed by atoms with Gasteiger partial charge < -0.3 is 14.6 Å². The molecule has 4 heteroatoms. The van der Waals surface area contributed by atoms with Crippen molar-refractivity contribution in [3.8, 4) is 0 Å². The van der Waals surface area contributed by atoms with Gasteiger partial charge in [-0.2, -0.15) is 0 Å². The van der Waals surface area contributed by atoms with Crippen molar-refractivity contribution in [1.29, 1.82) is 0 Å². The monoisotopic (exact) mass is 709 g/mol. The van der Waals surface area contributed by atoms with E-state index < -0.39 is 6.10 Å². The molecule has 0 spiro atoms. The molecule has 0 aromatic carbocycles. The maximum absolute atomic E-state index is 12.2. The Morgan fingerprint density at radius 2 is 0.824 bits per heavy atom. The summed E-state index contributed by atoms with van der Waals surface area (Å²) in [6.07, 6.45) is 60.7. The van der Waals surface area contributed by atoms with Crippen molar-refractivity contribution < 1.29 is 19.4 Å². The lowest BCUT2D eigenvalue weighted by molar-refractivity contribution is -0.154. The zero-order valence-electron chi connectivity index (χ0n) is 33.3. The zero-order chi connectivity index (χ0) is 37.0. The van der Waals surface area contributed by atoms with E-state index in [1.165, 1.54) is 83.5 Å². The summed E-state index contributed by atoms with van der Waals surface area (Å²) in [6.45, 7) is 5.09. The predicted molar refractivity (Wildman–Crippen MR) is 223 cm³/mol. The normalized spacial score (nSPS) is 13.2. The van der Waals surface area contributed by atoms with Crippen LogP contribution in [0, 0.1) is 0 Å². The first-order chi connectivity index (χ1) is 25.2. The van der Waals surface area contributed by atoms with Crippen molar-refractivity contribution in [1.82, 2.24) is 0 Å². The Morgan fingerprint density at radius 1 is 0.471 bits per heavy atom. The second-order valence-corrected chi connectivity index (χ2v) is 13.6. The van der Waals surface area contributed by atoms with Crippen LogP contribution in [0.4, 0.5) is 0 Å². The average molecular weight is 709 g/mol. The van der Waals surface area contributed by atoms with Crippen LogP contribution < -0.4 is 0 Å². The minimum atomic E-state index is -0.549. The molecule has 0 saturated carbocycles. The molecule has 0 aromatic heterocycles. The maximum atomic E-state index is 12.2. The fourth-order valence-electron chi connectivity index (χ4n) is 5.63. The van der Waals surface area contributed by atoms with Crippen LogP contribution >= 0.6 is 0 Å². The highest BCUT2D eigenvalue weighted by molar-refractivity contribution is 5.69. The Balaban J connectivity index is 3.47. The van der Waals surface area contributed by atoms with Gasteiger partial charge in [-0.1, -0.05) is 176 Å². The predicted octanol–water partition coefficient (Wildman–Crippen LogP) is 14.0. The number of allylic oxidation sites excluding steroid dienone is 14. The average Bonchev–Trinajstić information content (AvgIpc) is 3.14. The highest BCUT2D eigenvalue weighted by Crippen LogP contribution is 2.13. The quantitative estimate of drug-likeness (QED) is 0.0394. The Morgan fingerprint density at radius 3 is 1.24 bits per heavy atom. The van der Waals surface area contributed by atoms with Crippen molar-refractivity contribution in [2.24, 2.45) is 0 Å². The number of esters is 1. The summed E-state index contributed by atoms with van der Waals surface area (Å²) in [4.78, 5) is 12.2. The molecule has 0 aliphatic heterocycles. The van der Waals surface area contributed by atoms with Gasteiger partial charge in [0.05, 0.1) is 13.2 Å². The molecule has 4 nitrogen and oxygen atoms in total. The van der Waals surface area contributed by atoms with Crippen molar-refractivity contribution in [3.05, 3.63) is 85.1 Å². The summed E-state index contributed by atoms with van der Waals surface area (Å²) < 4.78 is 11.1. The van der Waals surface area contributed by atoms with Crippen LogP contribution in [-0.2, 0) is 14.3 Å². The maximum Gasteiger partial charge on any atom is 0.306 e. The molecule has 0 aliphatic rings. The third-order valence-electron chi connectivity index (χ3n) is 8.72. The fourth-order valence-corrected chi connectivity index (χ4v) is 5.63. The van der Waals surface area contributed by atoms with Gasteiger partial charge in [-0.25, -0.2) is 0 Å². The molecule has 0 radical (unpaired) electrons. The number of carbonyl (C=O) groups excluding carboxylic acids is 1. The topological polar surface area (TPSA) is 55.8 Å². The van der Waals surface area contributed by atoms with Gasteiger partial charge in [0, 0.05) is 13.0 Å². The standard InChI is InChI=1S/C47H80O4/c1-3-5-7-9-11-13-15-17-19-20-21-22-23-24-25-26-27-29-31-33-35-37-39-41-43-50-45-46(44-48)51-47(49)42-40-38-36-34-32-30-28-18-16-14-12-10-8-6-4-2/h5-8,11-14,17-19,21-22,28,46,48H,3-4,9-10,15-16,20,23-27,29-45H2,1-2H3/b7-5-,8-6-,13-11-,14-12-,19-17-,22-21-,28-18-. The number of rotatable bonds is 38. The highest BCUT2D eigenvalue weighted by Gasteiger charge is 2.13. The molecule has 0 heterocycles. The first-order valence-electron chi connectivity index (χ1n) is 21.2. The Bertz CT molecular complexity index is 923. The van der Waals surface area contributed by atoms with Gasteiger partial charge in [0.15, 0.2) is 0 Å². The lowest BCUT2D eigenvalue weighted by atomic mass is 10.1. The second-order valence-electron chi connectivity index (χ2n) is 13.6. The van der Waals surface area contributed by atoms with E-state index >= 15 is 0 Å². The summed E-state index contributed by atoms with van der Waals surface area (Å²) >= 11 is 0. The number of hydrogen-bond donors (Lipinski definition) is 1. The second kappa shape index (κ2) is 43.7. The molecule has 1 atom stereocenters. The van der Waals surface area contributed by atoms with Gasteiger partial charge in [-0.3, -0.25) is 4.79 Å². The van der Waals surface area contributed by atoms with Crippen LogP contribution in [0.2, 0.25) is 0 Å². The number of ether oxygens (including phenoxy) is 2. The minimum absolute atomic E-state index is 0.184. The molecule has 0 aliphatic carbocycles. The van der Waals surface area contributed by atoms with E-state index in [2.05, 4.69) is 98.9 Å². The van der Waals surface area contributed by atoms with Gasteiger partial charge in [0.25, 0.3) is 0 Å². The third-order valence-corrected chi connectivity index (χ3v) is 8.72. The Kier molecular flexibility index (Phi) is 41.6. The fraction of sp³-hybridized carbons (Fsp3) is 0.681. The summed E-state index contributed by atoms with van der Waals surface area (Å²) in [5, 5.41) is 9.59. The summed E-state index contributed by atoms with van der Waals surface area (Å²) in [6, 6.07) is 0. The van der Waals surface area contributed by atoms with Crippen molar-refractivity contribution >= 4 is 5.97 Å². The smallest absolute Gasteiger partial charge is 0.306 e.